The maximum Gasteiger partial charge on any atom is 0.257 e. The molecule has 5 rings (SSSR count). The minimum atomic E-state index is -0.844. The standard InChI is InChI=1S/C23H25N3O2S2/c1-17-4-5-20(30-17)13-25-14-21(19-3-2-7-24-11-19)23(16-25)22(27)26(8-9-28-23)12-18-6-10-29-15-18/h2-7,10-11,15,21H,8-9,12-14,16H2,1H3. The summed E-state index contributed by atoms with van der Waals surface area (Å²) in [5, 5.41) is 4.18. The van der Waals surface area contributed by atoms with Crippen LogP contribution in [0.1, 0.15) is 26.8 Å². The van der Waals surface area contributed by atoms with Gasteiger partial charge in [-0.25, -0.2) is 0 Å². The Kier molecular flexibility index (Phi) is 5.45. The van der Waals surface area contributed by atoms with E-state index in [1.54, 1.807) is 17.5 Å². The van der Waals surface area contributed by atoms with Crippen LogP contribution in [0.5, 0.6) is 0 Å². The van der Waals surface area contributed by atoms with Crippen molar-refractivity contribution in [2.45, 2.75) is 31.5 Å². The number of amides is 1. The minimum Gasteiger partial charge on any atom is -0.361 e. The van der Waals surface area contributed by atoms with Crippen molar-refractivity contribution in [1.29, 1.82) is 0 Å². The van der Waals surface area contributed by atoms with Gasteiger partial charge in [-0.05, 0) is 53.1 Å². The number of carbonyl (C=O) groups excluding carboxylic acids is 1. The molecule has 0 N–H and O–H groups in total. The number of nitrogens with zero attached hydrogens (tertiary/aromatic N) is 3. The van der Waals surface area contributed by atoms with E-state index in [2.05, 4.69) is 51.8 Å². The fourth-order valence-corrected chi connectivity index (χ4v) is 6.26. The molecule has 7 heteroatoms. The van der Waals surface area contributed by atoms with Crippen LogP contribution in [0.2, 0.25) is 0 Å². The van der Waals surface area contributed by atoms with E-state index in [9.17, 15) is 4.79 Å². The second-order valence-corrected chi connectivity index (χ2v) is 10.3. The van der Waals surface area contributed by atoms with E-state index in [1.165, 1.54) is 15.3 Å². The summed E-state index contributed by atoms with van der Waals surface area (Å²) in [6, 6.07) is 10.5. The molecule has 1 amide bonds. The number of hydrogen-bond donors (Lipinski definition) is 0. The van der Waals surface area contributed by atoms with Crippen LogP contribution in [-0.4, -0.2) is 52.5 Å². The van der Waals surface area contributed by atoms with Crippen LogP contribution >= 0.6 is 22.7 Å². The average molecular weight is 440 g/mol. The third-order valence-electron chi connectivity index (χ3n) is 6.05. The fourth-order valence-electron chi connectivity index (χ4n) is 4.67. The lowest BCUT2D eigenvalue weighted by Gasteiger charge is -2.42. The number of likely N-dealkylation sites (tertiary alicyclic amines) is 1. The zero-order valence-corrected chi connectivity index (χ0v) is 18.6. The topological polar surface area (TPSA) is 45.7 Å². The number of ether oxygens (including phenoxy) is 1. The Balaban J connectivity index is 1.45. The van der Waals surface area contributed by atoms with Gasteiger partial charge in [-0.15, -0.1) is 11.3 Å². The SMILES string of the molecule is Cc1ccc(CN2CC(c3cccnc3)C3(C2)OCCN(Cc2ccsc2)C3=O)s1. The van der Waals surface area contributed by atoms with Crippen molar-refractivity contribution in [2.24, 2.45) is 0 Å². The summed E-state index contributed by atoms with van der Waals surface area (Å²) in [7, 11) is 0. The molecule has 2 saturated heterocycles. The summed E-state index contributed by atoms with van der Waals surface area (Å²) in [6.07, 6.45) is 3.67. The van der Waals surface area contributed by atoms with Gasteiger partial charge in [0, 0.05) is 60.8 Å². The van der Waals surface area contributed by atoms with Gasteiger partial charge in [0.15, 0.2) is 5.60 Å². The van der Waals surface area contributed by atoms with Gasteiger partial charge in [0.2, 0.25) is 0 Å². The van der Waals surface area contributed by atoms with Gasteiger partial charge < -0.3 is 9.64 Å². The third kappa shape index (κ3) is 3.71. The van der Waals surface area contributed by atoms with Crippen LogP contribution in [0.25, 0.3) is 0 Å². The van der Waals surface area contributed by atoms with Crippen molar-refractivity contribution in [1.82, 2.24) is 14.8 Å². The normalized spacial score (nSPS) is 24.8. The molecule has 2 unspecified atom stereocenters. The summed E-state index contributed by atoms with van der Waals surface area (Å²) in [5.74, 6) is 0.0868. The Bertz CT molecular complexity index is 1000. The Morgan fingerprint density at radius 2 is 2.20 bits per heavy atom. The molecule has 2 fully saturated rings. The number of hydrogen-bond acceptors (Lipinski definition) is 6. The van der Waals surface area contributed by atoms with E-state index in [0.29, 0.717) is 26.2 Å². The van der Waals surface area contributed by atoms with Gasteiger partial charge in [0.1, 0.15) is 0 Å². The zero-order valence-electron chi connectivity index (χ0n) is 17.0. The molecule has 2 aliphatic rings. The average Bonchev–Trinajstić information content (AvgIpc) is 3.48. The van der Waals surface area contributed by atoms with Crippen molar-refractivity contribution < 1.29 is 9.53 Å². The molecule has 0 radical (unpaired) electrons. The molecule has 2 atom stereocenters. The van der Waals surface area contributed by atoms with E-state index in [-0.39, 0.29) is 11.8 Å². The van der Waals surface area contributed by atoms with Gasteiger partial charge in [-0.3, -0.25) is 14.7 Å². The highest BCUT2D eigenvalue weighted by Crippen LogP contribution is 2.42. The molecule has 3 aromatic heterocycles. The van der Waals surface area contributed by atoms with Crippen molar-refractivity contribution >= 4 is 28.6 Å². The van der Waals surface area contributed by atoms with Crippen molar-refractivity contribution in [2.75, 3.05) is 26.2 Å². The van der Waals surface area contributed by atoms with Gasteiger partial charge in [0.05, 0.1) is 6.61 Å². The maximum atomic E-state index is 13.8. The molecule has 3 aromatic rings. The lowest BCUT2D eigenvalue weighted by Crippen LogP contribution is -2.59. The molecule has 156 valence electrons. The first kappa shape index (κ1) is 19.9. The van der Waals surface area contributed by atoms with Crippen LogP contribution < -0.4 is 0 Å². The smallest absolute Gasteiger partial charge is 0.257 e. The van der Waals surface area contributed by atoms with Gasteiger partial charge in [-0.2, -0.15) is 11.3 Å². The van der Waals surface area contributed by atoms with E-state index < -0.39 is 5.60 Å². The molecule has 30 heavy (non-hydrogen) atoms. The third-order valence-corrected chi connectivity index (χ3v) is 7.77. The summed E-state index contributed by atoms with van der Waals surface area (Å²) < 4.78 is 6.37. The van der Waals surface area contributed by atoms with Gasteiger partial charge >= 0.3 is 0 Å². The van der Waals surface area contributed by atoms with Crippen LogP contribution in [0, 0.1) is 6.92 Å². The van der Waals surface area contributed by atoms with Crippen LogP contribution in [0.15, 0.2) is 53.5 Å². The van der Waals surface area contributed by atoms with Crippen molar-refractivity contribution in [3.63, 3.8) is 0 Å². The van der Waals surface area contributed by atoms with Crippen LogP contribution in [0.4, 0.5) is 0 Å². The quantitative estimate of drug-likeness (QED) is 0.605. The number of aryl methyl sites for hydroxylation is 1. The first-order valence-electron chi connectivity index (χ1n) is 10.3. The predicted molar refractivity (Wildman–Crippen MR) is 120 cm³/mol. The Morgan fingerprint density at radius 1 is 1.27 bits per heavy atom. The molecule has 0 saturated carbocycles. The van der Waals surface area contributed by atoms with E-state index in [4.69, 9.17) is 4.74 Å². The first-order chi connectivity index (χ1) is 14.6. The number of rotatable bonds is 5. The number of thiophene rings is 2. The summed E-state index contributed by atoms with van der Waals surface area (Å²) >= 11 is 3.49. The Labute approximate surface area is 184 Å². The molecule has 2 aliphatic heterocycles. The Morgan fingerprint density at radius 3 is 2.93 bits per heavy atom. The molecule has 5 nitrogen and oxygen atoms in total. The van der Waals surface area contributed by atoms with E-state index in [1.807, 2.05) is 28.5 Å². The molecule has 1 spiro atoms. The first-order valence-corrected chi connectivity index (χ1v) is 12.0. The molecule has 5 heterocycles. The number of morpholine rings is 1. The second-order valence-electron chi connectivity index (χ2n) is 8.12. The Hall–Kier alpha value is -2.06. The monoisotopic (exact) mass is 439 g/mol. The maximum absolute atomic E-state index is 13.8. The van der Waals surface area contributed by atoms with E-state index in [0.717, 1.165) is 18.7 Å². The molecule has 0 aliphatic carbocycles. The van der Waals surface area contributed by atoms with Crippen LogP contribution in [0.3, 0.4) is 0 Å². The highest BCUT2D eigenvalue weighted by molar-refractivity contribution is 7.11. The summed E-state index contributed by atoms with van der Waals surface area (Å²) in [5.41, 5.74) is 1.42. The second kappa shape index (κ2) is 8.23. The fraction of sp³-hybridized carbons (Fsp3) is 0.391. The number of carbonyl (C=O) groups is 1. The largest absolute Gasteiger partial charge is 0.361 e. The molecular formula is C23H25N3O2S2. The number of aromatic nitrogens is 1. The number of pyridine rings is 1. The zero-order chi connectivity index (χ0) is 20.6. The predicted octanol–water partition coefficient (Wildman–Crippen LogP) is 3.91. The van der Waals surface area contributed by atoms with Crippen LogP contribution in [-0.2, 0) is 22.6 Å². The van der Waals surface area contributed by atoms with E-state index >= 15 is 0 Å². The molecule has 0 aromatic carbocycles. The summed E-state index contributed by atoms with van der Waals surface area (Å²) in [4.78, 5) is 25.1. The summed E-state index contributed by atoms with van der Waals surface area (Å²) in [6.45, 7) is 6.24. The van der Waals surface area contributed by atoms with Gasteiger partial charge in [0.25, 0.3) is 5.91 Å². The highest BCUT2D eigenvalue weighted by atomic mass is 32.1. The highest BCUT2D eigenvalue weighted by Gasteiger charge is 2.57. The molecular weight excluding hydrogens is 414 g/mol. The van der Waals surface area contributed by atoms with Crippen molar-refractivity contribution in [3.8, 4) is 0 Å². The van der Waals surface area contributed by atoms with Gasteiger partial charge in [-0.1, -0.05) is 6.07 Å². The minimum absolute atomic E-state index is 0.0231. The molecule has 0 bridgehead atoms. The van der Waals surface area contributed by atoms with Crippen molar-refractivity contribution in [3.05, 3.63) is 74.4 Å². The lowest BCUT2D eigenvalue weighted by molar-refractivity contribution is -0.173. The lowest BCUT2D eigenvalue weighted by atomic mass is 9.83.